The second kappa shape index (κ2) is 10.6. The van der Waals surface area contributed by atoms with Crippen LogP contribution in [0.4, 0.5) is 10.2 Å². The van der Waals surface area contributed by atoms with Crippen LogP contribution in [-0.2, 0) is 0 Å². The highest BCUT2D eigenvalue weighted by atomic mass is 19.1. The summed E-state index contributed by atoms with van der Waals surface area (Å²) >= 11 is 0. The number of rotatable bonds is 6. The predicted molar refractivity (Wildman–Crippen MR) is 150 cm³/mol. The zero-order valence-electron chi connectivity index (χ0n) is 21.6. The number of carbonyl (C=O) groups excluding carboxylic acids is 1. The minimum Gasteiger partial charge on any atom is -0.494 e. The summed E-state index contributed by atoms with van der Waals surface area (Å²) in [4.78, 5) is 26.6. The minimum atomic E-state index is -0.286. The molecule has 39 heavy (non-hydrogen) atoms. The van der Waals surface area contributed by atoms with Crippen LogP contribution in [0.2, 0.25) is 0 Å². The highest BCUT2D eigenvalue weighted by Crippen LogP contribution is 2.37. The van der Waals surface area contributed by atoms with Crippen molar-refractivity contribution in [2.75, 3.05) is 37.7 Å². The maximum absolute atomic E-state index is 13.7. The molecule has 6 rings (SSSR count). The van der Waals surface area contributed by atoms with Crippen molar-refractivity contribution in [1.82, 2.24) is 19.4 Å². The van der Waals surface area contributed by atoms with Crippen molar-refractivity contribution < 1.29 is 13.9 Å². The van der Waals surface area contributed by atoms with Crippen LogP contribution in [0.15, 0.2) is 91.4 Å². The Labute approximate surface area is 226 Å². The molecule has 196 valence electrons. The van der Waals surface area contributed by atoms with E-state index >= 15 is 0 Å². The van der Waals surface area contributed by atoms with Gasteiger partial charge in [0.25, 0.3) is 5.91 Å². The van der Waals surface area contributed by atoms with Crippen molar-refractivity contribution in [3.05, 3.63) is 103 Å². The Bertz CT molecular complexity index is 1590. The second-order valence-corrected chi connectivity index (χ2v) is 9.39. The maximum atomic E-state index is 13.7. The number of benzene rings is 3. The molecular weight excluding hydrogens is 493 g/mol. The zero-order valence-corrected chi connectivity index (χ0v) is 21.6. The van der Waals surface area contributed by atoms with E-state index in [0.717, 1.165) is 39.4 Å². The number of amides is 1. The molecule has 0 spiro atoms. The molecule has 0 radical (unpaired) electrons. The number of ether oxygens (including phenoxy) is 1. The fraction of sp³-hybridized carbons (Fsp3) is 0.194. The van der Waals surface area contributed by atoms with Gasteiger partial charge in [0, 0.05) is 49.2 Å². The Morgan fingerprint density at radius 2 is 1.62 bits per heavy atom. The van der Waals surface area contributed by atoms with Crippen molar-refractivity contribution in [3.63, 3.8) is 0 Å². The van der Waals surface area contributed by atoms with Crippen LogP contribution in [-0.4, -0.2) is 58.1 Å². The lowest BCUT2D eigenvalue weighted by molar-refractivity contribution is 0.0746. The molecule has 1 saturated heterocycles. The lowest BCUT2D eigenvalue weighted by Gasteiger charge is -2.35. The van der Waals surface area contributed by atoms with Crippen molar-refractivity contribution in [1.29, 1.82) is 0 Å². The molecule has 2 aromatic heterocycles. The molecule has 1 amide bonds. The van der Waals surface area contributed by atoms with Gasteiger partial charge in [-0.2, -0.15) is 0 Å². The van der Waals surface area contributed by atoms with Gasteiger partial charge < -0.3 is 19.1 Å². The lowest BCUT2D eigenvalue weighted by atomic mass is 10.1. The van der Waals surface area contributed by atoms with Crippen molar-refractivity contribution >= 4 is 22.8 Å². The number of halogens is 1. The molecule has 0 bridgehead atoms. The summed E-state index contributed by atoms with van der Waals surface area (Å²) in [5, 5.41) is 0.930. The molecule has 0 atom stereocenters. The number of carbonyl (C=O) groups is 1. The summed E-state index contributed by atoms with van der Waals surface area (Å²) in [5.41, 5.74) is 4.26. The van der Waals surface area contributed by atoms with E-state index in [1.54, 1.807) is 18.5 Å². The van der Waals surface area contributed by atoms with Crippen molar-refractivity contribution in [3.8, 4) is 22.6 Å². The number of anilines is 1. The van der Waals surface area contributed by atoms with Crippen LogP contribution in [0.1, 0.15) is 17.3 Å². The van der Waals surface area contributed by atoms with Gasteiger partial charge in [-0.1, -0.05) is 30.3 Å². The average Bonchev–Trinajstić information content (AvgIpc) is 3.38. The number of hydrogen-bond acceptors (Lipinski definition) is 5. The predicted octanol–water partition coefficient (Wildman–Crippen LogP) is 5.59. The number of nitrogens with zero attached hydrogens (tertiary/aromatic N) is 5. The van der Waals surface area contributed by atoms with Crippen molar-refractivity contribution in [2.24, 2.45) is 0 Å². The summed E-state index contributed by atoms with van der Waals surface area (Å²) in [6.45, 7) is 4.97. The molecule has 3 heterocycles. The Morgan fingerprint density at radius 1 is 0.897 bits per heavy atom. The van der Waals surface area contributed by atoms with Gasteiger partial charge in [-0.15, -0.1) is 0 Å². The summed E-state index contributed by atoms with van der Waals surface area (Å²) in [5.74, 6) is 1.31. The van der Waals surface area contributed by atoms with Crippen molar-refractivity contribution in [2.45, 2.75) is 6.92 Å². The van der Waals surface area contributed by atoms with Crippen LogP contribution >= 0.6 is 0 Å². The summed E-state index contributed by atoms with van der Waals surface area (Å²) in [7, 11) is 0. The average molecular weight is 522 g/mol. The molecule has 1 fully saturated rings. The largest absolute Gasteiger partial charge is 0.494 e. The lowest BCUT2D eigenvalue weighted by Crippen LogP contribution is -2.49. The minimum absolute atomic E-state index is 0.0120. The number of fused-ring (bicyclic) bond motifs is 1. The second-order valence-electron chi connectivity index (χ2n) is 9.39. The first kappa shape index (κ1) is 24.6. The van der Waals surface area contributed by atoms with E-state index in [-0.39, 0.29) is 11.7 Å². The molecule has 8 heteroatoms. The molecule has 3 aromatic carbocycles. The fourth-order valence-corrected chi connectivity index (χ4v) is 5.08. The molecule has 7 nitrogen and oxygen atoms in total. The van der Waals surface area contributed by atoms with E-state index in [4.69, 9.17) is 9.72 Å². The van der Waals surface area contributed by atoms with Crippen LogP contribution in [0, 0.1) is 5.82 Å². The van der Waals surface area contributed by atoms with Crippen LogP contribution in [0.3, 0.4) is 0 Å². The van der Waals surface area contributed by atoms with Gasteiger partial charge in [-0.05, 0) is 61.0 Å². The van der Waals surface area contributed by atoms with E-state index in [2.05, 4.69) is 22.0 Å². The molecule has 0 saturated carbocycles. The van der Waals surface area contributed by atoms with E-state index < -0.39 is 0 Å². The molecule has 5 aromatic rings. The maximum Gasteiger partial charge on any atom is 0.253 e. The summed E-state index contributed by atoms with van der Waals surface area (Å²) in [6, 6.07) is 23.8. The molecule has 0 aliphatic carbocycles. The number of hydrogen-bond donors (Lipinski definition) is 0. The first-order valence-electron chi connectivity index (χ1n) is 13.1. The molecule has 0 unspecified atom stereocenters. The quantitative estimate of drug-likeness (QED) is 0.292. The summed E-state index contributed by atoms with van der Waals surface area (Å²) < 4.78 is 21.1. The van der Waals surface area contributed by atoms with Crippen LogP contribution in [0.25, 0.3) is 27.8 Å². The fourth-order valence-electron chi connectivity index (χ4n) is 5.08. The molecule has 0 N–H and O–H groups in total. The first-order valence-corrected chi connectivity index (χ1v) is 13.1. The third kappa shape index (κ3) is 4.81. The monoisotopic (exact) mass is 521 g/mol. The Balaban J connectivity index is 1.31. The topological polar surface area (TPSA) is 63.5 Å². The zero-order chi connectivity index (χ0) is 26.8. The Morgan fingerprint density at radius 3 is 2.31 bits per heavy atom. The molecular formula is C31H28FN5O2. The van der Waals surface area contributed by atoms with E-state index in [9.17, 15) is 9.18 Å². The smallest absolute Gasteiger partial charge is 0.253 e. The third-order valence-corrected chi connectivity index (χ3v) is 7.03. The van der Waals surface area contributed by atoms with Gasteiger partial charge in [0.1, 0.15) is 23.7 Å². The van der Waals surface area contributed by atoms with E-state index in [0.29, 0.717) is 38.3 Å². The Kier molecular flexibility index (Phi) is 6.67. The van der Waals surface area contributed by atoms with E-state index in [1.807, 2.05) is 65.1 Å². The van der Waals surface area contributed by atoms with E-state index in [1.165, 1.54) is 12.1 Å². The SMILES string of the molecule is CCOc1ccc(C(=O)N2CCN(c3ncnc4c3c(-c3ccccc3)cn4-c3ccc(F)cc3)CC2)cc1. The standard InChI is InChI=1S/C31H28FN5O2/c1-2-39-26-14-8-23(9-15-26)31(38)36-18-16-35(17-19-36)29-28-27(22-6-4-3-5-7-22)20-37(30(28)34-21-33-29)25-12-10-24(32)11-13-25/h3-15,20-21H,2,16-19H2,1H3. The highest BCUT2D eigenvalue weighted by molar-refractivity contribution is 6.02. The van der Waals surface area contributed by atoms with Gasteiger partial charge in [0.05, 0.1) is 12.0 Å². The van der Waals surface area contributed by atoms with Crippen LogP contribution < -0.4 is 9.64 Å². The molecule has 1 aliphatic rings. The van der Waals surface area contributed by atoms with Gasteiger partial charge in [-0.3, -0.25) is 4.79 Å². The van der Waals surface area contributed by atoms with Crippen LogP contribution in [0.5, 0.6) is 5.75 Å². The van der Waals surface area contributed by atoms with Gasteiger partial charge in [0.2, 0.25) is 0 Å². The number of piperazine rings is 1. The third-order valence-electron chi connectivity index (χ3n) is 7.03. The normalized spacial score (nSPS) is 13.6. The Hall–Kier alpha value is -4.72. The van der Waals surface area contributed by atoms with Gasteiger partial charge in [0.15, 0.2) is 5.65 Å². The summed E-state index contributed by atoms with van der Waals surface area (Å²) in [6.07, 6.45) is 3.61. The van der Waals surface area contributed by atoms with Gasteiger partial charge in [-0.25, -0.2) is 14.4 Å². The van der Waals surface area contributed by atoms with Gasteiger partial charge >= 0.3 is 0 Å². The molecule has 1 aliphatic heterocycles. The highest BCUT2D eigenvalue weighted by Gasteiger charge is 2.26. The number of aromatic nitrogens is 3. The first-order chi connectivity index (χ1) is 19.1.